The van der Waals surface area contributed by atoms with Crippen LogP contribution < -0.4 is 16.0 Å². The third-order valence-electron chi connectivity index (χ3n) is 4.19. The average molecular weight is 395 g/mol. The van der Waals surface area contributed by atoms with Crippen molar-refractivity contribution in [2.45, 2.75) is 6.92 Å². The molecule has 0 fully saturated rings. The number of rotatable bonds is 5. The van der Waals surface area contributed by atoms with Crippen LogP contribution in [0.2, 0.25) is 0 Å². The maximum atomic E-state index is 12.3. The summed E-state index contributed by atoms with van der Waals surface area (Å²) in [7, 11) is 1.50. The monoisotopic (exact) mass is 395 g/mol. The van der Waals surface area contributed by atoms with Crippen LogP contribution >= 0.6 is 0 Å². The highest BCUT2D eigenvalue weighted by Crippen LogP contribution is 2.21. The summed E-state index contributed by atoms with van der Waals surface area (Å²) in [5.41, 5.74) is -0.828. The highest BCUT2D eigenvalue weighted by atomic mass is 16.5. The minimum absolute atomic E-state index is 0.0929. The zero-order valence-corrected chi connectivity index (χ0v) is 15.5. The van der Waals surface area contributed by atoms with Crippen LogP contribution in [0.15, 0.2) is 63.1 Å². The van der Waals surface area contributed by atoms with Crippen LogP contribution in [-0.2, 0) is 0 Å². The lowest BCUT2D eigenvalue weighted by molar-refractivity contribution is 0.0697. The van der Waals surface area contributed by atoms with Gasteiger partial charge in [-0.15, -0.1) is 0 Å². The zero-order valence-electron chi connectivity index (χ0n) is 15.5. The molecule has 0 radical (unpaired) electrons. The van der Waals surface area contributed by atoms with E-state index in [2.05, 4.69) is 9.98 Å². The molecule has 9 heteroatoms. The summed E-state index contributed by atoms with van der Waals surface area (Å²) in [6.07, 6.45) is 0. The van der Waals surface area contributed by atoms with E-state index in [4.69, 9.17) is 9.84 Å². The van der Waals surface area contributed by atoms with Gasteiger partial charge in [0.05, 0.1) is 29.8 Å². The first-order chi connectivity index (χ1) is 13.8. The number of hydrogen-bond donors (Lipinski definition) is 3. The third-order valence-corrected chi connectivity index (χ3v) is 4.19. The van der Waals surface area contributed by atoms with Crippen LogP contribution in [0.25, 0.3) is 5.69 Å². The summed E-state index contributed by atoms with van der Waals surface area (Å²) >= 11 is 0. The van der Waals surface area contributed by atoms with Crippen LogP contribution in [0.3, 0.4) is 0 Å². The maximum absolute atomic E-state index is 12.3. The second kappa shape index (κ2) is 7.85. The zero-order chi connectivity index (χ0) is 21.1. The molecule has 148 valence electrons. The Morgan fingerprint density at radius 3 is 2.24 bits per heavy atom. The lowest BCUT2D eigenvalue weighted by Gasteiger charge is -2.12. The van der Waals surface area contributed by atoms with E-state index >= 15 is 0 Å². The number of hydrogen-bond acceptors (Lipinski definition) is 6. The molecule has 0 saturated carbocycles. The predicted molar refractivity (Wildman–Crippen MR) is 106 cm³/mol. The van der Waals surface area contributed by atoms with E-state index in [0.717, 1.165) is 4.57 Å². The number of carboxylic acid groups (broad SMARTS) is 1. The molecule has 1 heterocycles. The summed E-state index contributed by atoms with van der Waals surface area (Å²) in [4.78, 5) is 41.9. The van der Waals surface area contributed by atoms with Crippen molar-refractivity contribution < 1.29 is 19.7 Å². The molecule has 0 aliphatic rings. The molecule has 0 bridgehead atoms. The summed E-state index contributed by atoms with van der Waals surface area (Å²) < 4.78 is 6.02. The second-order valence-corrected chi connectivity index (χ2v) is 6.04. The number of carbonyl (C=O) groups is 1. The van der Waals surface area contributed by atoms with Crippen molar-refractivity contribution in [2.75, 3.05) is 7.11 Å². The van der Waals surface area contributed by atoms with E-state index in [1.807, 2.05) is 0 Å². The van der Waals surface area contributed by atoms with E-state index in [0.29, 0.717) is 17.1 Å². The van der Waals surface area contributed by atoms with Gasteiger partial charge in [0.1, 0.15) is 11.3 Å². The fraction of sp³-hybridized carbons (Fsp3) is 0.100. The number of ether oxygens (including phenoxy) is 1. The van der Waals surface area contributed by atoms with Crippen molar-refractivity contribution >= 4 is 17.4 Å². The molecule has 0 spiro atoms. The number of nitrogens with one attached hydrogen (secondary N) is 1. The standard InChI is InChI=1S/C20H17N3O6/c1-11(21-13-5-3-12(4-6-13)19(26)27)16-17(24)22-20(28)23(18(16)25)14-7-9-15(29-2)10-8-14/h3-10,25H,1-2H3,(H,26,27)(H,22,24,28). The lowest BCUT2D eigenvalue weighted by atomic mass is 10.2. The SMILES string of the molecule is COc1ccc(-n2c(O)c(C(C)=Nc3ccc(C(=O)O)cc3)c(=O)[nH]c2=O)cc1. The predicted octanol–water partition coefficient (Wildman–Crippen LogP) is 2.08. The summed E-state index contributed by atoms with van der Waals surface area (Å²) in [6, 6.07) is 12.0. The molecule has 0 saturated heterocycles. The smallest absolute Gasteiger partial charge is 0.335 e. The molecule has 0 atom stereocenters. The highest BCUT2D eigenvalue weighted by molar-refractivity contribution is 6.01. The van der Waals surface area contributed by atoms with Gasteiger partial charge in [0.15, 0.2) is 0 Å². The average Bonchev–Trinajstić information content (AvgIpc) is 2.68. The quantitative estimate of drug-likeness (QED) is 0.566. The number of aromatic nitrogens is 2. The third kappa shape index (κ3) is 3.93. The molecule has 0 aliphatic carbocycles. The topological polar surface area (TPSA) is 134 Å². The first-order valence-corrected chi connectivity index (χ1v) is 8.43. The van der Waals surface area contributed by atoms with Crippen LogP contribution in [-0.4, -0.2) is 38.6 Å². The van der Waals surface area contributed by atoms with E-state index < -0.39 is 23.1 Å². The molecular weight excluding hydrogens is 378 g/mol. The normalized spacial score (nSPS) is 11.3. The van der Waals surface area contributed by atoms with Crippen molar-refractivity contribution in [3.8, 4) is 17.3 Å². The Morgan fingerprint density at radius 2 is 1.69 bits per heavy atom. The maximum Gasteiger partial charge on any atom is 0.335 e. The number of aliphatic imine (C=N–C) groups is 1. The minimum atomic E-state index is -1.07. The first-order valence-electron chi connectivity index (χ1n) is 8.43. The Balaban J connectivity index is 2.10. The Hall–Kier alpha value is -4.14. The van der Waals surface area contributed by atoms with Crippen LogP contribution in [0, 0.1) is 0 Å². The summed E-state index contributed by atoms with van der Waals surface area (Å²) in [5.74, 6) is -1.07. The molecule has 29 heavy (non-hydrogen) atoms. The van der Waals surface area contributed by atoms with Gasteiger partial charge in [-0.3, -0.25) is 14.8 Å². The number of aromatic amines is 1. The second-order valence-electron chi connectivity index (χ2n) is 6.04. The molecule has 3 aromatic rings. The molecule has 0 aliphatic heterocycles. The Bertz CT molecular complexity index is 1200. The number of H-pyrrole nitrogens is 1. The Labute approximate surface area is 164 Å². The molecule has 0 unspecified atom stereocenters. The minimum Gasteiger partial charge on any atom is -0.497 e. The van der Waals surface area contributed by atoms with E-state index in [-0.39, 0.29) is 16.8 Å². The molecule has 2 aromatic carbocycles. The summed E-state index contributed by atoms with van der Waals surface area (Å²) in [5, 5.41) is 19.6. The van der Waals surface area contributed by atoms with E-state index in [1.165, 1.54) is 38.3 Å². The van der Waals surface area contributed by atoms with Crippen LogP contribution in [0.5, 0.6) is 11.6 Å². The Morgan fingerprint density at radius 1 is 1.07 bits per heavy atom. The first kappa shape index (κ1) is 19.6. The largest absolute Gasteiger partial charge is 0.497 e. The van der Waals surface area contributed by atoms with Gasteiger partial charge in [-0.05, 0) is 55.5 Å². The molecule has 0 amide bonds. The number of aromatic carboxylic acids is 1. The van der Waals surface area contributed by atoms with Crippen molar-refractivity contribution in [2.24, 2.45) is 4.99 Å². The molecule has 3 rings (SSSR count). The van der Waals surface area contributed by atoms with Gasteiger partial charge >= 0.3 is 11.7 Å². The number of aromatic hydroxyl groups is 1. The van der Waals surface area contributed by atoms with Crippen LogP contribution in [0.1, 0.15) is 22.8 Å². The molecule has 1 aromatic heterocycles. The number of nitrogens with zero attached hydrogens (tertiary/aromatic N) is 2. The van der Waals surface area contributed by atoms with Crippen molar-refractivity contribution in [1.82, 2.24) is 9.55 Å². The van der Waals surface area contributed by atoms with Gasteiger partial charge < -0.3 is 14.9 Å². The lowest BCUT2D eigenvalue weighted by Crippen LogP contribution is -2.32. The molecule has 3 N–H and O–H groups in total. The summed E-state index contributed by atoms with van der Waals surface area (Å²) in [6.45, 7) is 1.50. The van der Waals surface area contributed by atoms with E-state index in [1.54, 1.807) is 24.3 Å². The van der Waals surface area contributed by atoms with Gasteiger partial charge in [0.25, 0.3) is 5.56 Å². The van der Waals surface area contributed by atoms with E-state index in [9.17, 15) is 19.5 Å². The number of methoxy groups -OCH3 is 1. The molecule has 9 nitrogen and oxygen atoms in total. The number of benzene rings is 2. The Kier molecular flexibility index (Phi) is 5.31. The van der Waals surface area contributed by atoms with Crippen molar-refractivity contribution in [1.29, 1.82) is 0 Å². The van der Waals surface area contributed by atoms with Gasteiger partial charge in [-0.2, -0.15) is 0 Å². The number of carboxylic acids is 1. The van der Waals surface area contributed by atoms with Gasteiger partial charge in [-0.1, -0.05) is 0 Å². The van der Waals surface area contributed by atoms with Crippen molar-refractivity contribution in [3.05, 3.63) is 80.5 Å². The van der Waals surface area contributed by atoms with Gasteiger partial charge in [0.2, 0.25) is 5.88 Å². The van der Waals surface area contributed by atoms with Gasteiger partial charge in [-0.25, -0.2) is 14.2 Å². The fourth-order valence-corrected chi connectivity index (χ4v) is 2.75. The fourth-order valence-electron chi connectivity index (χ4n) is 2.75. The van der Waals surface area contributed by atoms with Crippen LogP contribution in [0.4, 0.5) is 5.69 Å². The van der Waals surface area contributed by atoms with Crippen molar-refractivity contribution in [3.63, 3.8) is 0 Å². The highest BCUT2D eigenvalue weighted by Gasteiger charge is 2.18. The van der Waals surface area contributed by atoms with Gasteiger partial charge in [0, 0.05) is 0 Å². The molecular formula is C20H17N3O6.